The van der Waals surface area contributed by atoms with E-state index in [1.807, 2.05) is 11.5 Å². The molecule has 0 bridgehead atoms. The summed E-state index contributed by atoms with van der Waals surface area (Å²) in [4.78, 5) is 16.0. The molecule has 1 aromatic heterocycles. The van der Waals surface area contributed by atoms with E-state index in [1.54, 1.807) is 25.1 Å². The number of imidazole rings is 1. The Hall–Kier alpha value is -1.42. The molecule has 0 radical (unpaired) electrons. The van der Waals surface area contributed by atoms with Gasteiger partial charge in [0.2, 0.25) is 10.0 Å². The first kappa shape index (κ1) is 18.4. The minimum atomic E-state index is -3.55. The van der Waals surface area contributed by atoms with Gasteiger partial charge >= 0.3 is 0 Å². The zero-order valence-electron chi connectivity index (χ0n) is 14.3. The zero-order chi connectivity index (χ0) is 18.0. The van der Waals surface area contributed by atoms with Gasteiger partial charge in [0.05, 0.1) is 34.9 Å². The first-order chi connectivity index (χ1) is 11.9. The summed E-state index contributed by atoms with van der Waals surface area (Å²) in [7, 11) is -3.55. The van der Waals surface area contributed by atoms with E-state index in [4.69, 9.17) is 4.74 Å². The summed E-state index contributed by atoms with van der Waals surface area (Å²) >= 11 is 1.37. The van der Waals surface area contributed by atoms with E-state index in [2.05, 4.69) is 4.98 Å². The average Bonchev–Trinajstić information content (AvgIpc) is 2.97. The van der Waals surface area contributed by atoms with Crippen molar-refractivity contribution in [1.82, 2.24) is 13.9 Å². The number of hydrogen-bond donors (Lipinski definition) is 0. The van der Waals surface area contributed by atoms with Crippen LogP contribution in [0.25, 0.3) is 11.0 Å². The van der Waals surface area contributed by atoms with Crippen LogP contribution in [0.5, 0.6) is 0 Å². The first-order valence-corrected chi connectivity index (χ1v) is 10.6. The number of thioether (sulfide) groups is 1. The van der Waals surface area contributed by atoms with Crippen LogP contribution in [-0.2, 0) is 26.1 Å². The number of nitrogens with zero attached hydrogens (tertiary/aromatic N) is 3. The summed E-state index contributed by atoms with van der Waals surface area (Å²) < 4.78 is 34.3. The molecule has 136 valence electrons. The molecule has 0 atom stereocenters. The fourth-order valence-corrected chi connectivity index (χ4v) is 5.07. The third-order valence-corrected chi connectivity index (χ3v) is 7.03. The van der Waals surface area contributed by atoms with Crippen molar-refractivity contribution in [3.63, 3.8) is 0 Å². The molecule has 0 aliphatic carbocycles. The van der Waals surface area contributed by atoms with Gasteiger partial charge in [-0.25, -0.2) is 13.4 Å². The predicted octanol–water partition coefficient (Wildman–Crippen LogP) is 1.76. The van der Waals surface area contributed by atoms with Gasteiger partial charge in [-0.2, -0.15) is 4.31 Å². The lowest BCUT2D eigenvalue weighted by Crippen LogP contribution is -2.40. The van der Waals surface area contributed by atoms with Crippen LogP contribution in [-0.4, -0.2) is 60.1 Å². The summed E-state index contributed by atoms with van der Waals surface area (Å²) in [5.74, 6) is 0.428. The maximum absolute atomic E-state index is 12.8. The summed E-state index contributed by atoms with van der Waals surface area (Å²) in [6, 6.07) is 5.03. The topological polar surface area (TPSA) is 81.5 Å². The van der Waals surface area contributed by atoms with Crippen molar-refractivity contribution in [2.75, 3.05) is 32.1 Å². The summed E-state index contributed by atoms with van der Waals surface area (Å²) in [6.45, 7) is 5.80. The molecule has 1 saturated heterocycles. The van der Waals surface area contributed by atoms with Crippen LogP contribution in [0, 0.1) is 0 Å². The highest BCUT2D eigenvalue weighted by atomic mass is 32.2. The maximum atomic E-state index is 12.8. The number of rotatable bonds is 6. The van der Waals surface area contributed by atoms with Crippen molar-refractivity contribution >= 4 is 38.6 Å². The second-order valence-electron chi connectivity index (χ2n) is 5.80. The van der Waals surface area contributed by atoms with Gasteiger partial charge in [-0.1, -0.05) is 11.8 Å². The number of benzene rings is 1. The lowest BCUT2D eigenvalue weighted by Gasteiger charge is -2.26. The first-order valence-electron chi connectivity index (χ1n) is 8.14. The van der Waals surface area contributed by atoms with E-state index in [0.29, 0.717) is 44.1 Å². The number of Topliss-reactive ketones (excluding diaryl/α,β-unsaturated/α-hetero) is 1. The molecule has 1 aromatic carbocycles. The van der Waals surface area contributed by atoms with E-state index in [0.717, 1.165) is 10.7 Å². The van der Waals surface area contributed by atoms with Gasteiger partial charge in [-0.3, -0.25) is 4.79 Å². The van der Waals surface area contributed by atoms with Gasteiger partial charge in [0.25, 0.3) is 0 Å². The minimum absolute atomic E-state index is 0.0790. The summed E-state index contributed by atoms with van der Waals surface area (Å²) in [6.07, 6.45) is 0. The standard InChI is InChI=1S/C16H21N3O4S2/c1-3-19-15-5-4-13(25(21,22)18-6-8-23-9-7-18)10-14(15)17-16(19)24-11-12(2)20/h4-5,10H,3,6-9,11H2,1-2H3. The van der Waals surface area contributed by atoms with E-state index in [1.165, 1.54) is 16.1 Å². The molecule has 25 heavy (non-hydrogen) atoms. The number of ketones is 1. The Morgan fingerprint density at radius 3 is 2.68 bits per heavy atom. The second-order valence-corrected chi connectivity index (χ2v) is 8.68. The fourth-order valence-electron chi connectivity index (χ4n) is 2.77. The van der Waals surface area contributed by atoms with E-state index in [-0.39, 0.29) is 10.7 Å². The molecule has 0 N–H and O–H groups in total. The number of morpholine rings is 1. The Morgan fingerprint density at radius 1 is 1.32 bits per heavy atom. The number of carbonyl (C=O) groups excluding carboxylic acids is 1. The minimum Gasteiger partial charge on any atom is -0.379 e. The largest absolute Gasteiger partial charge is 0.379 e. The third-order valence-electron chi connectivity index (χ3n) is 4.01. The number of sulfonamides is 1. The van der Waals surface area contributed by atoms with Crippen LogP contribution in [0.3, 0.4) is 0 Å². The van der Waals surface area contributed by atoms with Gasteiger partial charge in [-0.15, -0.1) is 0 Å². The molecule has 1 aliphatic rings. The highest BCUT2D eigenvalue weighted by molar-refractivity contribution is 7.99. The van der Waals surface area contributed by atoms with E-state index >= 15 is 0 Å². The van der Waals surface area contributed by atoms with Gasteiger partial charge in [-0.05, 0) is 32.0 Å². The number of aromatic nitrogens is 2. The molecule has 0 saturated carbocycles. The van der Waals surface area contributed by atoms with Crippen LogP contribution in [0.15, 0.2) is 28.3 Å². The molecule has 2 aromatic rings. The monoisotopic (exact) mass is 383 g/mol. The van der Waals surface area contributed by atoms with E-state index < -0.39 is 10.0 Å². The molecule has 2 heterocycles. The van der Waals surface area contributed by atoms with E-state index in [9.17, 15) is 13.2 Å². The Bertz CT molecular complexity index is 886. The molecular weight excluding hydrogens is 362 g/mol. The normalized spacial score (nSPS) is 16.4. The number of carbonyl (C=O) groups is 1. The number of fused-ring (bicyclic) bond motifs is 1. The summed E-state index contributed by atoms with van der Waals surface area (Å²) in [5, 5.41) is 0.730. The smallest absolute Gasteiger partial charge is 0.243 e. The maximum Gasteiger partial charge on any atom is 0.243 e. The quantitative estimate of drug-likeness (QED) is 0.707. The number of hydrogen-bond acceptors (Lipinski definition) is 6. The van der Waals surface area contributed by atoms with Gasteiger partial charge in [0.15, 0.2) is 5.16 Å². The van der Waals surface area contributed by atoms with Crippen molar-refractivity contribution in [3.05, 3.63) is 18.2 Å². The van der Waals surface area contributed by atoms with Gasteiger partial charge in [0, 0.05) is 19.6 Å². The Morgan fingerprint density at radius 2 is 2.04 bits per heavy atom. The van der Waals surface area contributed by atoms with Crippen molar-refractivity contribution in [3.8, 4) is 0 Å². The Balaban J connectivity index is 1.98. The van der Waals surface area contributed by atoms with Crippen molar-refractivity contribution in [2.24, 2.45) is 0 Å². The van der Waals surface area contributed by atoms with Crippen LogP contribution < -0.4 is 0 Å². The van der Waals surface area contributed by atoms with Gasteiger partial charge in [0.1, 0.15) is 5.78 Å². The molecule has 1 fully saturated rings. The van der Waals surface area contributed by atoms with Crippen molar-refractivity contribution < 1.29 is 17.9 Å². The molecule has 0 unspecified atom stereocenters. The molecule has 0 spiro atoms. The molecule has 1 aliphatic heterocycles. The van der Waals surface area contributed by atoms with Gasteiger partial charge < -0.3 is 9.30 Å². The predicted molar refractivity (Wildman–Crippen MR) is 96.4 cm³/mol. The van der Waals surface area contributed by atoms with Crippen LogP contribution >= 0.6 is 11.8 Å². The van der Waals surface area contributed by atoms with Crippen LogP contribution in [0.1, 0.15) is 13.8 Å². The van der Waals surface area contributed by atoms with Crippen molar-refractivity contribution in [2.45, 2.75) is 30.4 Å². The third kappa shape index (κ3) is 3.74. The molecule has 0 amide bonds. The molecular formula is C16H21N3O4S2. The Labute approximate surface area is 151 Å². The number of ether oxygens (including phenoxy) is 1. The summed E-state index contributed by atoms with van der Waals surface area (Å²) in [5.41, 5.74) is 1.50. The zero-order valence-corrected chi connectivity index (χ0v) is 15.9. The molecule has 7 nitrogen and oxygen atoms in total. The highest BCUT2D eigenvalue weighted by Crippen LogP contribution is 2.27. The average molecular weight is 383 g/mol. The van der Waals surface area contributed by atoms with Crippen molar-refractivity contribution in [1.29, 1.82) is 0 Å². The lowest BCUT2D eigenvalue weighted by molar-refractivity contribution is -0.114. The molecule has 9 heteroatoms. The second kappa shape index (κ2) is 7.45. The SMILES string of the molecule is CCn1c(SCC(C)=O)nc2cc(S(=O)(=O)N3CCOCC3)ccc21. The highest BCUT2D eigenvalue weighted by Gasteiger charge is 2.27. The van der Waals surface area contributed by atoms with Crippen LogP contribution in [0.2, 0.25) is 0 Å². The van der Waals surface area contributed by atoms with Crippen LogP contribution in [0.4, 0.5) is 0 Å². The fraction of sp³-hybridized carbons (Fsp3) is 0.500. The number of aryl methyl sites for hydroxylation is 1. The lowest BCUT2D eigenvalue weighted by atomic mass is 10.3. The molecule has 3 rings (SSSR count). The Kier molecular flexibility index (Phi) is 5.47.